The molecule has 7 nitrogen and oxygen atoms in total. The van der Waals surface area contributed by atoms with Gasteiger partial charge >= 0.3 is 0 Å². The van der Waals surface area contributed by atoms with E-state index in [0.717, 1.165) is 0 Å². The lowest BCUT2D eigenvalue weighted by atomic mass is 10.2. The maximum atomic E-state index is 11.5. The van der Waals surface area contributed by atoms with E-state index in [4.69, 9.17) is 0 Å². The van der Waals surface area contributed by atoms with Crippen molar-refractivity contribution in [2.24, 2.45) is 5.10 Å². The van der Waals surface area contributed by atoms with Gasteiger partial charge in [-0.1, -0.05) is 12.1 Å². The fourth-order valence-corrected chi connectivity index (χ4v) is 1.46. The third-order valence-corrected chi connectivity index (χ3v) is 2.35. The minimum Gasteiger partial charge on any atom is -0.357 e. The highest BCUT2D eigenvalue weighted by molar-refractivity contribution is 5.93. The first-order valence-corrected chi connectivity index (χ1v) is 5.38. The quantitative estimate of drug-likeness (QED) is 0.495. The Bertz CT molecular complexity index is 620. The first-order valence-electron chi connectivity index (χ1n) is 5.38. The molecule has 96 valence electrons. The van der Waals surface area contributed by atoms with Gasteiger partial charge in [-0.05, 0) is 18.2 Å². The van der Waals surface area contributed by atoms with Crippen LogP contribution in [0.1, 0.15) is 16.1 Å². The zero-order valence-corrected chi connectivity index (χ0v) is 9.74. The van der Waals surface area contributed by atoms with Crippen LogP contribution in [-0.2, 0) is 0 Å². The van der Waals surface area contributed by atoms with Crippen molar-refractivity contribution in [3.63, 3.8) is 0 Å². The van der Waals surface area contributed by atoms with E-state index in [1.165, 1.54) is 12.3 Å². The molecule has 0 unspecified atom stereocenters. The van der Waals surface area contributed by atoms with Gasteiger partial charge in [-0.3, -0.25) is 14.9 Å². The Morgan fingerprint density at radius 3 is 2.79 bits per heavy atom. The summed E-state index contributed by atoms with van der Waals surface area (Å²) in [5.74, 6) is -0.417. The number of aromatic amines is 1. The number of hydrazone groups is 1. The number of benzene rings is 1. The first kappa shape index (κ1) is 12.5. The Morgan fingerprint density at radius 1 is 1.32 bits per heavy atom. The zero-order valence-electron chi connectivity index (χ0n) is 9.74. The lowest BCUT2D eigenvalue weighted by Crippen LogP contribution is -2.17. The monoisotopic (exact) mass is 258 g/mol. The number of nitro benzene ring substituents is 1. The van der Waals surface area contributed by atoms with Gasteiger partial charge in [-0.15, -0.1) is 0 Å². The Labute approximate surface area is 108 Å². The number of carbonyl (C=O) groups is 1. The summed E-state index contributed by atoms with van der Waals surface area (Å²) in [4.78, 5) is 24.5. The van der Waals surface area contributed by atoms with E-state index in [1.54, 1.807) is 36.5 Å². The van der Waals surface area contributed by atoms with Gasteiger partial charge in [0.2, 0.25) is 0 Å². The second kappa shape index (κ2) is 5.58. The van der Waals surface area contributed by atoms with Crippen LogP contribution >= 0.6 is 0 Å². The zero-order chi connectivity index (χ0) is 13.7. The van der Waals surface area contributed by atoms with Gasteiger partial charge in [-0.2, -0.15) is 5.10 Å². The molecular formula is C12H10N4O3. The number of rotatable bonds is 4. The van der Waals surface area contributed by atoms with Gasteiger partial charge < -0.3 is 4.98 Å². The predicted octanol–water partition coefficient (Wildman–Crippen LogP) is 1.69. The minimum absolute atomic E-state index is 0.0691. The summed E-state index contributed by atoms with van der Waals surface area (Å²) >= 11 is 0. The Hall–Kier alpha value is -2.96. The third kappa shape index (κ3) is 3.03. The number of aromatic nitrogens is 1. The normalized spacial score (nSPS) is 10.5. The number of amides is 1. The van der Waals surface area contributed by atoms with Crippen molar-refractivity contribution in [1.29, 1.82) is 0 Å². The highest BCUT2D eigenvalue weighted by Gasteiger charge is 2.10. The first-order chi connectivity index (χ1) is 9.18. The maximum absolute atomic E-state index is 11.5. The molecule has 2 rings (SSSR count). The number of carbonyl (C=O) groups excluding carboxylic acids is 1. The molecule has 0 spiro atoms. The van der Waals surface area contributed by atoms with E-state index in [1.807, 2.05) is 0 Å². The highest BCUT2D eigenvalue weighted by Crippen LogP contribution is 2.14. The van der Waals surface area contributed by atoms with Gasteiger partial charge in [0, 0.05) is 12.3 Å². The number of H-pyrrole nitrogens is 1. The average Bonchev–Trinajstić information content (AvgIpc) is 2.93. The van der Waals surface area contributed by atoms with Crippen molar-refractivity contribution in [3.8, 4) is 0 Å². The molecule has 0 saturated carbocycles. The van der Waals surface area contributed by atoms with Crippen LogP contribution in [0.2, 0.25) is 0 Å². The van der Waals surface area contributed by atoms with Gasteiger partial charge in [0.15, 0.2) is 0 Å². The second-order valence-corrected chi connectivity index (χ2v) is 3.60. The molecule has 1 aromatic heterocycles. The van der Waals surface area contributed by atoms with Crippen LogP contribution in [0.3, 0.4) is 0 Å². The van der Waals surface area contributed by atoms with Gasteiger partial charge in [-0.25, -0.2) is 5.43 Å². The van der Waals surface area contributed by atoms with Crippen LogP contribution < -0.4 is 5.43 Å². The molecule has 0 fully saturated rings. The summed E-state index contributed by atoms with van der Waals surface area (Å²) in [7, 11) is 0. The van der Waals surface area contributed by atoms with E-state index in [-0.39, 0.29) is 5.69 Å². The number of nitro groups is 1. The molecule has 0 atom stereocenters. The SMILES string of the molecule is O=C(N/N=C\c1ccccc1[N+](=O)[O-])c1ccc[nH]1. The van der Waals surface area contributed by atoms with Crippen molar-refractivity contribution >= 4 is 17.8 Å². The Kier molecular flexibility index (Phi) is 3.67. The van der Waals surface area contributed by atoms with Gasteiger partial charge in [0.1, 0.15) is 5.69 Å². The number of nitrogens with one attached hydrogen (secondary N) is 2. The third-order valence-electron chi connectivity index (χ3n) is 2.35. The summed E-state index contributed by atoms with van der Waals surface area (Å²) < 4.78 is 0. The number of nitrogens with zero attached hydrogens (tertiary/aromatic N) is 2. The average molecular weight is 258 g/mol. The predicted molar refractivity (Wildman–Crippen MR) is 68.9 cm³/mol. The largest absolute Gasteiger partial charge is 0.357 e. The number of hydrogen-bond acceptors (Lipinski definition) is 4. The van der Waals surface area contributed by atoms with Crippen LogP contribution in [0.4, 0.5) is 5.69 Å². The van der Waals surface area contributed by atoms with Crippen LogP contribution in [0.15, 0.2) is 47.7 Å². The molecule has 0 aliphatic carbocycles. The summed E-state index contributed by atoms with van der Waals surface area (Å²) in [6, 6.07) is 9.40. The van der Waals surface area contributed by atoms with Crippen LogP contribution in [0, 0.1) is 10.1 Å². The molecule has 0 bridgehead atoms. The van der Waals surface area contributed by atoms with Crippen LogP contribution in [0.5, 0.6) is 0 Å². The van der Waals surface area contributed by atoms with Crippen molar-refractivity contribution in [3.05, 3.63) is 64.0 Å². The fraction of sp³-hybridized carbons (Fsp3) is 0. The highest BCUT2D eigenvalue weighted by atomic mass is 16.6. The van der Waals surface area contributed by atoms with E-state index in [9.17, 15) is 14.9 Å². The number of hydrogen-bond donors (Lipinski definition) is 2. The molecule has 0 aliphatic heterocycles. The molecule has 2 N–H and O–H groups in total. The standard InChI is InChI=1S/C12H10N4O3/c17-12(10-5-3-7-13-10)15-14-8-9-4-1-2-6-11(9)16(18)19/h1-8,13H,(H,15,17)/b14-8-. The lowest BCUT2D eigenvalue weighted by molar-refractivity contribution is -0.385. The summed E-state index contributed by atoms with van der Waals surface area (Å²) in [5.41, 5.74) is 2.89. The van der Waals surface area contributed by atoms with E-state index >= 15 is 0 Å². The van der Waals surface area contributed by atoms with Crippen molar-refractivity contribution < 1.29 is 9.72 Å². The topological polar surface area (TPSA) is 100 Å². The molecule has 19 heavy (non-hydrogen) atoms. The molecule has 2 aromatic rings. The molecule has 1 aromatic carbocycles. The molecule has 0 radical (unpaired) electrons. The smallest absolute Gasteiger partial charge is 0.287 e. The van der Waals surface area contributed by atoms with Gasteiger partial charge in [0.25, 0.3) is 11.6 Å². The van der Waals surface area contributed by atoms with E-state index in [2.05, 4.69) is 15.5 Å². The van der Waals surface area contributed by atoms with Crippen molar-refractivity contribution in [2.45, 2.75) is 0 Å². The van der Waals surface area contributed by atoms with Crippen LogP contribution in [-0.4, -0.2) is 22.0 Å². The summed E-state index contributed by atoms with van der Waals surface area (Å²) in [6.45, 7) is 0. The minimum atomic E-state index is -0.506. The fourth-order valence-electron chi connectivity index (χ4n) is 1.46. The second-order valence-electron chi connectivity index (χ2n) is 3.60. The van der Waals surface area contributed by atoms with E-state index < -0.39 is 10.8 Å². The number of para-hydroxylation sites is 1. The molecule has 7 heteroatoms. The Morgan fingerprint density at radius 2 is 2.11 bits per heavy atom. The molecule has 0 saturated heterocycles. The summed E-state index contributed by atoms with van der Waals surface area (Å²) in [6.07, 6.45) is 2.85. The molecule has 1 amide bonds. The summed E-state index contributed by atoms with van der Waals surface area (Å²) in [5, 5.41) is 14.4. The van der Waals surface area contributed by atoms with Gasteiger partial charge in [0.05, 0.1) is 16.7 Å². The lowest BCUT2D eigenvalue weighted by Gasteiger charge is -1.97. The van der Waals surface area contributed by atoms with Crippen molar-refractivity contribution in [1.82, 2.24) is 10.4 Å². The maximum Gasteiger partial charge on any atom is 0.287 e. The molecule has 0 aliphatic rings. The molecular weight excluding hydrogens is 248 g/mol. The molecule has 1 heterocycles. The van der Waals surface area contributed by atoms with Crippen LogP contribution in [0.25, 0.3) is 0 Å². The van der Waals surface area contributed by atoms with E-state index in [0.29, 0.717) is 11.3 Å². The van der Waals surface area contributed by atoms with Crippen molar-refractivity contribution in [2.75, 3.05) is 0 Å². The Balaban J connectivity index is 2.07.